The molecule has 0 spiro atoms. The maximum absolute atomic E-state index is 14.5. The third-order valence-electron chi connectivity index (χ3n) is 11.2. The Kier molecular flexibility index (Phi) is 12.1. The van der Waals surface area contributed by atoms with E-state index < -0.39 is 29.2 Å². The molecule has 0 aliphatic heterocycles. The Balaban J connectivity index is 1.56. The zero-order valence-electron chi connectivity index (χ0n) is 34.7. The minimum absolute atomic E-state index is 0.00217. The summed E-state index contributed by atoms with van der Waals surface area (Å²) in [6.07, 6.45) is 11.8. The number of allylic oxidation sites excluding steroid dienone is 7. The quantitative estimate of drug-likeness (QED) is 0.0893. The summed E-state index contributed by atoms with van der Waals surface area (Å²) >= 11 is 0. The lowest BCUT2D eigenvalue weighted by Gasteiger charge is -2.39. The van der Waals surface area contributed by atoms with Crippen molar-refractivity contribution in [2.24, 2.45) is 0 Å². The van der Waals surface area contributed by atoms with Crippen molar-refractivity contribution in [3.05, 3.63) is 150 Å². The van der Waals surface area contributed by atoms with Crippen molar-refractivity contribution in [3.8, 4) is 34.5 Å². The summed E-state index contributed by atoms with van der Waals surface area (Å²) in [5.74, 6) is -4.15. The highest BCUT2D eigenvalue weighted by atomic mass is 16.5. The van der Waals surface area contributed by atoms with Gasteiger partial charge in [-0.3, -0.25) is 9.59 Å². The third kappa shape index (κ3) is 8.19. The van der Waals surface area contributed by atoms with Crippen LogP contribution in [0.1, 0.15) is 150 Å². The molecule has 8 heteroatoms. The molecule has 6 rings (SSSR count). The molecule has 4 aromatic rings. The number of ketones is 2. The summed E-state index contributed by atoms with van der Waals surface area (Å²) in [5, 5.41) is 58.1. The molecule has 2 aliphatic rings. The number of ether oxygens (including phenoxy) is 1. The van der Waals surface area contributed by atoms with Gasteiger partial charge in [-0.05, 0) is 151 Å². The molecule has 0 unspecified atom stereocenters. The van der Waals surface area contributed by atoms with E-state index in [0.29, 0.717) is 33.6 Å². The predicted octanol–water partition coefficient (Wildman–Crippen LogP) is 11.2. The number of phenols is 5. The maximum Gasteiger partial charge on any atom is 0.201 e. The van der Waals surface area contributed by atoms with Crippen molar-refractivity contribution < 1.29 is 39.9 Å². The van der Waals surface area contributed by atoms with Crippen LogP contribution in [0.25, 0.3) is 0 Å². The molecule has 5 N–H and O–H groups in total. The Bertz CT molecular complexity index is 2450. The van der Waals surface area contributed by atoms with Crippen LogP contribution in [0.2, 0.25) is 0 Å². The van der Waals surface area contributed by atoms with Crippen LogP contribution in [0.3, 0.4) is 0 Å². The molecule has 8 nitrogen and oxygen atoms in total. The summed E-state index contributed by atoms with van der Waals surface area (Å²) in [5.41, 5.74) is 7.53. The van der Waals surface area contributed by atoms with E-state index >= 15 is 0 Å². The fraction of sp³-hybridized carbons (Fsp3) is 0.320. The molecule has 2 atom stereocenters. The molecule has 0 bridgehead atoms. The van der Waals surface area contributed by atoms with Crippen LogP contribution in [0.5, 0.6) is 34.5 Å². The minimum atomic E-state index is -0.903. The molecule has 4 aromatic carbocycles. The lowest BCUT2D eigenvalue weighted by Crippen LogP contribution is -2.30. The number of phenolic OH excluding ortho intramolecular Hbond substituents is 5. The molecule has 0 fully saturated rings. The van der Waals surface area contributed by atoms with E-state index in [1.54, 1.807) is 32.0 Å². The Morgan fingerprint density at radius 2 is 1.00 bits per heavy atom. The van der Waals surface area contributed by atoms with Gasteiger partial charge in [0.15, 0.2) is 0 Å². The zero-order valence-corrected chi connectivity index (χ0v) is 34.7. The maximum atomic E-state index is 14.5. The number of rotatable bonds is 12. The van der Waals surface area contributed by atoms with E-state index in [-0.39, 0.29) is 69.4 Å². The van der Waals surface area contributed by atoms with Gasteiger partial charge in [-0.2, -0.15) is 0 Å². The number of hydrogen-bond acceptors (Lipinski definition) is 8. The number of fused-ring (bicyclic) bond motifs is 4. The highest BCUT2D eigenvalue weighted by molar-refractivity contribution is 6.18. The largest absolute Gasteiger partial charge is 0.508 e. The molecule has 302 valence electrons. The van der Waals surface area contributed by atoms with Gasteiger partial charge in [0, 0.05) is 23.5 Å². The van der Waals surface area contributed by atoms with Crippen molar-refractivity contribution in [3.63, 3.8) is 0 Å². The van der Waals surface area contributed by atoms with Crippen LogP contribution in [0.15, 0.2) is 89.1 Å². The van der Waals surface area contributed by atoms with Gasteiger partial charge in [0.2, 0.25) is 11.6 Å². The second-order valence-corrected chi connectivity index (χ2v) is 16.5. The number of aromatic hydroxyl groups is 5. The van der Waals surface area contributed by atoms with E-state index in [2.05, 4.69) is 26.0 Å². The fourth-order valence-electron chi connectivity index (χ4n) is 8.41. The fourth-order valence-corrected chi connectivity index (χ4v) is 8.41. The van der Waals surface area contributed by atoms with E-state index in [0.717, 1.165) is 36.8 Å². The number of benzene rings is 4. The summed E-state index contributed by atoms with van der Waals surface area (Å²) in [7, 11) is 0. The first kappa shape index (κ1) is 41.6. The minimum Gasteiger partial charge on any atom is -0.508 e. The van der Waals surface area contributed by atoms with Crippen molar-refractivity contribution in [2.45, 2.75) is 99.3 Å². The van der Waals surface area contributed by atoms with Crippen molar-refractivity contribution in [1.82, 2.24) is 0 Å². The smallest absolute Gasteiger partial charge is 0.201 e. The van der Waals surface area contributed by atoms with Gasteiger partial charge in [-0.25, -0.2) is 0 Å². The normalized spacial score (nSPS) is 15.9. The summed E-state index contributed by atoms with van der Waals surface area (Å²) in [6, 6.07) is 11.1. The standard InChI is InChI=1S/C50H54O8/c1-26(2)11-9-13-28(5)15-16-33-38(51)25-37-43(35-20-31(8)22-40(53)45(35)50(57)47(37)48(33)55)42-34-19-30(7)21-39(52)44(34)49(56)46-36(42)23-32(24-41(46)54)58-18-17-29(6)14-10-12-27(3)4/h11-12,15,17,19-25,42-43,51-55H,9-10,13-14,16,18H2,1-8H3/b28-15+,29-17+/t42-,43-/m0/s1. The Hall–Kier alpha value is -6.02. The number of carbonyl (C=O) groups excluding carboxylic acids is 2. The van der Waals surface area contributed by atoms with Gasteiger partial charge >= 0.3 is 0 Å². The van der Waals surface area contributed by atoms with Gasteiger partial charge < -0.3 is 30.3 Å². The van der Waals surface area contributed by atoms with Crippen LogP contribution < -0.4 is 4.74 Å². The highest BCUT2D eigenvalue weighted by Crippen LogP contribution is 2.57. The average molecular weight is 783 g/mol. The predicted molar refractivity (Wildman–Crippen MR) is 228 cm³/mol. The molecular weight excluding hydrogens is 729 g/mol. The van der Waals surface area contributed by atoms with Crippen LogP contribution in [-0.4, -0.2) is 43.7 Å². The zero-order chi connectivity index (χ0) is 42.2. The average Bonchev–Trinajstić information content (AvgIpc) is 3.11. The van der Waals surface area contributed by atoms with E-state index in [1.165, 1.54) is 35.4 Å². The van der Waals surface area contributed by atoms with Crippen molar-refractivity contribution >= 4 is 11.6 Å². The van der Waals surface area contributed by atoms with Crippen LogP contribution in [0, 0.1) is 13.8 Å². The van der Waals surface area contributed by atoms with Gasteiger partial charge in [-0.1, -0.05) is 52.7 Å². The van der Waals surface area contributed by atoms with E-state index in [4.69, 9.17) is 4.74 Å². The molecule has 58 heavy (non-hydrogen) atoms. The summed E-state index contributed by atoms with van der Waals surface area (Å²) < 4.78 is 6.19. The molecule has 2 aliphatic carbocycles. The van der Waals surface area contributed by atoms with Gasteiger partial charge in [0.1, 0.15) is 41.1 Å². The first-order chi connectivity index (χ1) is 27.5. The molecule has 0 amide bonds. The Morgan fingerprint density at radius 1 is 0.552 bits per heavy atom. The van der Waals surface area contributed by atoms with Crippen LogP contribution >= 0.6 is 0 Å². The molecule has 0 heterocycles. The lowest BCUT2D eigenvalue weighted by atomic mass is 9.63. The van der Waals surface area contributed by atoms with E-state index in [1.807, 2.05) is 39.8 Å². The number of carbonyl (C=O) groups is 2. The Labute approximate surface area is 341 Å². The molecule has 0 radical (unpaired) electrons. The number of aryl methyl sites for hydroxylation is 2. The first-order valence-electron chi connectivity index (χ1n) is 19.9. The summed E-state index contributed by atoms with van der Waals surface area (Å²) in [4.78, 5) is 28.9. The molecule has 0 saturated carbocycles. The van der Waals surface area contributed by atoms with Crippen LogP contribution in [0.4, 0.5) is 0 Å². The first-order valence-corrected chi connectivity index (χ1v) is 19.9. The third-order valence-corrected chi connectivity index (χ3v) is 11.2. The van der Waals surface area contributed by atoms with Crippen molar-refractivity contribution in [1.29, 1.82) is 0 Å². The second kappa shape index (κ2) is 16.8. The molecule has 0 saturated heterocycles. The van der Waals surface area contributed by atoms with Gasteiger partial charge in [0.05, 0.1) is 22.3 Å². The Morgan fingerprint density at radius 3 is 1.52 bits per heavy atom. The monoisotopic (exact) mass is 782 g/mol. The lowest BCUT2D eigenvalue weighted by molar-refractivity contribution is 0.101. The van der Waals surface area contributed by atoms with E-state index in [9.17, 15) is 35.1 Å². The summed E-state index contributed by atoms with van der Waals surface area (Å²) in [6.45, 7) is 16.0. The van der Waals surface area contributed by atoms with Gasteiger partial charge in [-0.15, -0.1) is 0 Å². The second-order valence-electron chi connectivity index (χ2n) is 16.5. The topological polar surface area (TPSA) is 145 Å². The van der Waals surface area contributed by atoms with Gasteiger partial charge in [0.25, 0.3) is 0 Å². The highest BCUT2D eigenvalue weighted by Gasteiger charge is 2.46. The number of hydrogen-bond donors (Lipinski definition) is 5. The molecule has 0 aromatic heterocycles. The van der Waals surface area contributed by atoms with Crippen LogP contribution in [-0.2, 0) is 6.42 Å². The SMILES string of the molecule is CC(C)=CCC/C(C)=C/COc1cc(O)c2c(c1)[C@@H]([C@H]1c3cc(C)cc(O)c3C(=O)c3c1cc(O)c(C/C=C(\C)CCC=C(C)C)c3O)c1cc(C)cc(O)c1C2=O. The van der Waals surface area contributed by atoms with Crippen molar-refractivity contribution in [2.75, 3.05) is 6.61 Å². The molecular formula is C50H54O8.